The maximum Gasteiger partial charge on any atom is 0.0866 e. The quantitative estimate of drug-likeness (QED) is 0.551. The van der Waals surface area contributed by atoms with Gasteiger partial charge >= 0.3 is 0 Å². The molecule has 0 aliphatic carbocycles. The lowest BCUT2D eigenvalue weighted by Crippen LogP contribution is -2.47. The maximum atomic E-state index is 2.47. The van der Waals surface area contributed by atoms with E-state index in [1.807, 2.05) is 0 Å². The van der Waals surface area contributed by atoms with Gasteiger partial charge in [-0.25, -0.2) is 0 Å². The van der Waals surface area contributed by atoms with Gasteiger partial charge in [-0.2, -0.15) is 0 Å². The number of hydrogen-bond donors (Lipinski definition) is 0. The van der Waals surface area contributed by atoms with Crippen molar-refractivity contribution in [1.29, 1.82) is 0 Å². The van der Waals surface area contributed by atoms with Crippen molar-refractivity contribution in [3.8, 4) is 0 Å². The average molecular weight is 291 g/mol. The van der Waals surface area contributed by atoms with Gasteiger partial charge in [-0.3, -0.25) is 0 Å². The van der Waals surface area contributed by atoms with Crippen molar-refractivity contribution in [1.82, 2.24) is 0 Å². The van der Waals surface area contributed by atoms with Gasteiger partial charge in [0.15, 0.2) is 0 Å². The third kappa shape index (κ3) is 4.21. The second-order valence-electron chi connectivity index (χ2n) is 7.36. The van der Waals surface area contributed by atoms with Crippen LogP contribution in [0.3, 0.4) is 0 Å². The topological polar surface area (TPSA) is 0 Å². The van der Waals surface area contributed by atoms with Crippen LogP contribution in [0.15, 0.2) is 24.3 Å². The Bertz CT molecular complexity index is 366. The van der Waals surface area contributed by atoms with Crippen molar-refractivity contribution >= 4 is 13.3 Å². The van der Waals surface area contributed by atoms with Crippen LogP contribution in [0.2, 0.25) is 18.1 Å². The molecule has 0 N–H and O–H groups in total. The van der Waals surface area contributed by atoms with Gasteiger partial charge in [-0.05, 0) is 11.0 Å². The van der Waals surface area contributed by atoms with E-state index in [0.717, 1.165) is 0 Å². The smallest absolute Gasteiger partial charge is 0.0656 e. The number of rotatable bonds is 7. The van der Waals surface area contributed by atoms with E-state index < -0.39 is 8.07 Å². The first-order valence-corrected chi connectivity index (χ1v) is 11.1. The van der Waals surface area contributed by atoms with Gasteiger partial charge in [0.05, 0.1) is 8.07 Å². The van der Waals surface area contributed by atoms with Crippen LogP contribution in [0.4, 0.5) is 0 Å². The van der Waals surface area contributed by atoms with Gasteiger partial charge < -0.3 is 0 Å². The van der Waals surface area contributed by atoms with Crippen LogP contribution in [0.5, 0.6) is 0 Å². The van der Waals surface area contributed by atoms with E-state index in [1.165, 1.54) is 43.0 Å². The fourth-order valence-electron chi connectivity index (χ4n) is 3.57. The Balaban J connectivity index is 3.13. The first kappa shape index (κ1) is 17.5. The summed E-state index contributed by atoms with van der Waals surface area (Å²) in [6, 6.07) is 14.1. The average Bonchev–Trinajstić information content (AvgIpc) is 2.38. The van der Waals surface area contributed by atoms with E-state index >= 15 is 0 Å². The summed E-state index contributed by atoms with van der Waals surface area (Å²) < 4.78 is 0. The van der Waals surface area contributed by atoms with E-state index in [9.17, 15) is 0 Å². The van der Waals surface area contributed by atoms with Crippen molar-refractivity contribution in [2.45, 2.75) is 84.4 Å². The molecule has 0 fully saturated rings. The van der Waals surface area contributed by atoms with Gasteiger partial charge in [0.25, 0.3) is 0 Å². The van der Waals surface area contributed by atoms with E-state index in [2.05, 4.69) is 65.8 Å². The highest BCUT2D eigenvalue weighted by atomic mass is 28.3. The predicted molar refractivity (Wildman–Crippen MR) is 95.8 cm³/mol. The monoisotopic (exact) mass is 290 g/mol. The summed E-state index contributed by atoms with van der Waals surface area (Å²) in [7, 11) is -1.25. The van der Waals surface area contributed by atoms with Crippen LogP contribution < -0.4 is 5.19 Å². The molecule has 0 heterocycles. The molecule has 0 saturated heterocycles. The molecule has 0 saturated carbocycles. The fourth-order valence-corrected chi connectivity index (χ4v) is 8.93. The third-order valence-electron chi connectivity index (χ3n) is 4.55. The Labute approximate surface area is 128 Å². The Morgan fingerprint density at radius 3 is 1.45 bits per heavy atom. The minimum atomic E-state index is -1.25. The lowest BCUT2D eigenvalue weighted by Gasteiger charge is -2.32. The van der Waals surface area contributed by atoms with E-state index in [-0.39, 0.29) is 5.41 Å². The van der Waals surface area contributed by atoms with Crippen LogP contribution in [0, 0.1) is 0 Å². The zero-order valence-corrected chi connectivity index (χ0v) is 15.6. The molecule has 0 unspecified atom stereocenters. The summed E-state index contributed by atoms with van der Waals surface area (Å²) in [5, 5.41) is 1.70. The minimum Gasteiger partial charge on any atom is -0.0656 e. The molecule has 0 radical (unpaired) electrons. The van der Waals surface area contributed by atoms with Crippen LogP contribution in [-0.2, 0) is 5.41 Å². The summed E-state index contributed by atoms with van der Waals surface area (Å²) in [5.41, 5.74) is 1.73. The maximum absolute atomic E-state index is 2.47. The molecule has 1 heteroatoms. The van der Waals surface area contributed by atoms with Gasteiger partial charge in [-0.15, -0.1) is 0 Å². The summed E-state index contributed by atoms with van der Waals surface area (Å²) in [6.07, 6.45) is 4.02. The summed E-state index contributed by atoms with van der Waals surface area (Å²) in [6.45, 7) is 14.0. The zero-order valence-electron chi connectivity index (χ0n) is 14.6. The standard InChI is InChI=1S/C19H34Si/c1-7-14-20(15-8-2,16-9-3)18-12-10-17(11-13-18)19(4,5)6/h10-13H,7-9,14-16H2,1-6H3. The molecule has 114 valence electrons. The van der Waals surface area contributed by atoms with Crippen LogP contribution >= 0.6 is 0 Å². The van der Waals surface area contributed by atoms with Crippen molar-refractivity contribution in [2.24, 2.45) is 0 Å². The zero-order chi connectivity index (χ0) is 15.2. The molecule has 1 aromatic carbocycles. The van der Waals surface area contributed by atoms with Crippen molar-refractivity contribution in [3.63, 3.8) is 0 Å². The summed E-state index contributed by atoms with van der Waals surface area (Å²) in [5.74, 6) is 0. The highest BCUT2D eigenvalue weighted by Gasteiger charge is 2.32. The Morgan fingerprint density at radius 2 is 1.15 bits per heavy atom. The Morgan fingerprint density at radius 1 is 0.750 bits per heavy atom. The first-order chi connectivity index (χ1) is 9.39. The molecule has 0 aliphatic heterocycles. The van der Waals surface area contributed by atoms with Gasteiger partial charge in [0.2, 0.25) is 0 Å². The SMILES string of the molecule is CCC[Si](CCC)(CCC)c1ccc(C(C)(C)C)cc1. The lowest BCUT2D eigenvalue weighted by molar-refractivity contribution is 0.590. The molecular formula is C19H34Si. The third-order valence-corrected chi connectivity index (χ3v) is 10.5. The Hall–Kier alpha value is -0.563. The van der Waals surface area contributed by atoms with Gasteiger partial charge in [-0.1, -0.05) is 108 Å². The molecule has 0 atom stereocenters. The highest BCUT2D eigenvalue weighted by molar-refractivity contribution is 6.91. The molecule has 1 aromatic rings. The number of hydrogen-bond acceptors (Lipinski definition) is 0. The van der Waals surface area contributed by atoms with Gasteiger partial charge in [0, 0.05) is 0 Å². The molecule has 0 bridgehead atoms. The molecular weight excluding hydrogens is 256 g/mol. The molecule has 0 nitrogen and oxygen atoms in total. The van der Waals surface area contributed by atoms with Crippen LogP contribution in [0.25, 0.3) is 0 Å². The Kier molecular flexibility index (Phi) is 6.51. The minimum absolute atomic E-state index is 0.267. The molecule has 20 heavy (non-hydrogen) atoms. The summed E-state index contributed by atoms with van der Waals surface area (Å²) >= 11 is 0. The van der Waals surface area contributed by atoms with Crippen LogP contribution in [0.1, 0.15) is 66.4 Å². The van der Waals surface area contributed by atoms with Crippen molar-refractivity contribution < 1.29 is 0 Å². The summed E-state index contributed by atoms with van der Waals surface area (Å²) in [4.78, 5) is 0. The van der Waals surface area contributed by atoms with Crippen LogP contribution in [-0.4, -0.2) is 8.07 Å². The molecule has 0 aliphatic rings. The largest absolute Gasteiger partial charge is 0.0866 e. The van der Waals surface area contributed by atoms with E-state index in [0.29, 0.717) is 0 Å². The predicted octanol–water partition coefficient (Wildman–Crippen LogP) is 5.87. The van der Waals surface area contributed by atoms with Gasteiger partial charge in [0.1, 0.15) is 0 Å². The van der Waals surface area contributed by atoms with Crippen molar-refractivity contribution in [3.05, 3.63) is 29.8 Å². The number of benzene rings is 1. The fraction of sp³-hybridized carbons (Fsp3) is 0.684. The second kappa shape index (κ2) is 7.45. The normalized spacial score (nSPS) is 12.7. The van der Waals surface area contributed by atoms with Crippen molar-refractivity contribution in [2.75, 3.05) is 0 Å². The second-order valence-corrected chi connectivity index (χ2v) is 12.0. The molecule has 0 spiro atoms. The molecule has 0 aromatic heterocycles. The molecule has 1 rings (SSSR count). The van der Waals surface area contributed by atoms with E-state index in [4.69, 9.17) is 0 Å². The highest BCUT2D eigenvalue weighted by Crippen LogP contribution is 2.27. The molecule has 0 amide bonds. The first-order valence-electron chi connectivity index (χ1n) is 8.50. The van der Waals surface area contributed by atoms with E-state index in [1.54, 1.807) is 5.19 Å². The lowest BCUT2D eigenvalue weighted by atomic mass is 9.87.